The van der Waals surface area contributed by atoms with Crippen molar-refractivity contribution in [2.75, 3.05) is 13.2 Å². The van der Waals surface area contributed by atoms with E-state index in [0.29, 0.717) is 30.9 Å². The highest BCUT2D eigenvalue weighted by Crippen LogP contribution is 2.06. The molecule has 0 aliphatic heterocycles. The Kier molecular flexibility index (Phi) is 11.2. The standard InChI is InChI=1S/C12H16O3.C10H12O3/c1-2-3-8-15-9-10-4-6-11(7-5-10)12(13)14;1-2-13-7-8-3-5-9(6-4-8)10(11)12/h4-7H,2-3,8-9H2,1H3,(H,13,14);3-6H,2,7H2,1H3,(H,11,12). The van der Waals surface area contributed by atoms with Crippen LogP contribution in [-0.4, -0.2) is 35.4 Å². The summed E-state index contributed by atoms with van der Waals surface area (Å²) in [4.78, 5) is 21.1. The summed E-state index contributed by atoms with van der Waals surface area (Å²) in [5, 5.41) is 17.3. The van der Waals surface area contributed by atoms with Crippen LogP contribution in [-0.2, 0) is 22.7 Å². The first-order valence-corrected chi connectivity index (χ1v) is 9.27. The maximum Gasteiger partial charge on any atom is 0.335 e. The van der Waals surface area contributed by atoms with E-state index in [-0.39, 0.29) is 0 Å². The van der Waals surface area contributed by atoms with Crippen molar-refractivity contribution in [2.24, 2.45) is 0 Å². The van der Waals surface area contributed by atoms with E-state index in [1.807, 2.05) is 6.92 Å². The number of carboxylic acid groups (broad SMARTS) is 2. The molecule has 2 N–H and O–H groups in total. The minimum Gasteiger partial charge on any atom is -0.478 e. The molecule has 28 heavy (non-hydrogen) atoms. The average Bonchev–Trinajstić information content (AvgIpc) is 2.71. The van der Waals surface area contributed by atoms with Crippen LogP contribution in [0.1, 0.15) is 58.5 Å². The molecular formula is C22H28O6. The van der Waals surface area contributed by atoms with E-state index in [2.05, 4.69) is 6.92 Å². The largest absolute Gasteiger partial charge is 0.478 e. The summed E-state index contributed by atoms with van der Waals surface area (Å²) in [6.07, 6.45) is 2.19. The summed E-state index contributed by atoms with van der Waals surface area (Å²) >= 11 is 0. The van der Waals surface area contributed by atoms with Gasteiger partial charge in [-0.25, -0.2) is 9.59 Å². The zero-order chi connectivity index (χ0) is 20.8. The molecule has 2 rings (SSSR count). The lowest BCUT2D eigenvalue weighted by atomic mass is 10.1. The highest BCUT2D eigenvalue weighted by atomic mass is 16.5. The number of ether oxygens (including phenoxy) is 2. The van der Waals surface area contributed by atoms with Gasteiger partial charge in [0, 0.05) is 13.2 Å². The molecule has 0 fully saturated rings. The van der Waals surface area contributed by atoms with Gasteiger partial charge in [-0.3, -0.25) is 0 Å². The van der Waals surface area contributed by atoms with Gasteiger partial charge in [-0.15, -0.1) is 0 Å². The smallest absolute Gasteiger partial charge is 0.335 e. The maximum atomic E-state index is 10.6. The first-order chi connectivity index (χ1) is 13.5. The van der Waals surface area contributed by atoms with Crippen molar-refractivity contribution >= 4 is 11.9 Å². The van der Waals surface area contributed by atoms with E-state index >= 15 is 0 Å². The van der Waals surface area contributed by atoms with Crippen molar-refractivity contribution in [1.82, 2.24) is 0 Å². The fourth-order valence-corrected chi connectivity index (χ4v) is 2.14. The molecule has 2 aromatic carbocycles. The zero-order valence-electron chi connectivity index (χ0n) is 16.4. The number of hydrogen-bond acceptors (Lipinski definition) is 4. The number of carbonyl (C=O) groups is 2. The van der Waals surface area contributed by atoms with Crippen molar-refractivity contribution < 1.29 is 29.3 Å². The van der Waals surface area contributed by atoms with E-state index in [9.17, 15) is 9.59 Å². The second-order valence-corrected chi connectivity index (χ2v) is 6.05. The highest BCUT2D eigenvalue weighted by molar-refractivity contribution is 5.87. The number of rotatable bonds is 10. The van der Waals surface area contributed by atoms with Crippen molar-refractivity contribution in [3.05, 3.63) is 70.8 Å². The summed E-state index contributed by atoms with van der Waals surface area (Å²) in [5.74, 6) is -1.79. The SMILES string of the molecule is CCCCOCc1ccc(C(=O)O)cc1.CCOCc1ccc(C(=O)O)cc1. The highest BCUT2D eigenvalue weighted by Gasteiger charge is 2.02. The molecule has 0 atom stereocenters. The molecule has 0 bridgehead atoms. The Balaban J connectivity index is 0.000000283. The van der Waals surface area contributed by atoms with Crippen LogP contribution in [0, 0.1) is 0 Å². The van der Waals surface area contributed by atoms with E-state index in [1.165, 1.54) is 0 Å². The molecule has 0 unspecified atom stereocenters. The van der Waals surface area contributed by atoms with Gasteiger partial charge in [0.25, 0.3) is 0 Å². The second kappa shape index (κ2) is 13.5. The Morgan fingerprint density at radius 1 is 0.750 bits per heavy atom. The maximum absolute atomic E-state index is 10.6. The minimum atomic E-state index is -0.900. The van der Waals surface area contributed by atoms with Gasteiger partial charge in [0.05, 0.1) is 24.3 Å². The molecule has 0 amide bonds. The average molecular weight is 388 g/mol. The van der Waals surface area contributed by atoms with Gasteiger partial charge in [-0.1, -0.05) is 37.6 Å². The van der Waals surface area contributed by atoms with Crippen LogP contribution in [0.2, 0.25) is 0 Å². The van der Waals surface area contributed by atoms with Crippen LogP contribution in [0.4, 0.5) is 0 Å². The Morgan fingerprint density at radius 3 is 1.54 bits per heavy atom. The molecule has 0 aliphatic carbocycles. The zero-order valence-corrected chi connectivity index (χ0v) is 16.4. The van der Waals surface area contributed by atoms with Gasteiger partial charge in [0.1, 0.15) is 0 Å². The predicted molar refractivity (Wildman–Crippen MR) is 107 cm³/mol. The first-order valence-electron chi connectivity index (χ1n) is 9.27. The normalized spacial score (nSPS) is 10.1. The summed E-state index contributed by atoms with van der Waals surface area (Å²) in [7, 11) is 0. The molecule has 0 heterocycles. The fraction of sp³-hybridized carbons (Fsp3) is 0.364. The number of aromatic carboxylic acids is 2. The van der Waals surface area contributed by atoms with Crippen LogP contribution in [0.3, 0.4) is 0 Å². The number of benzene rings is 2. The molecular weight excluding hydrogens is 360 g/mol. The molecule has 6 heteroatoms. The second-order valence-electron chi connectivity index (χ2n) is 6.05. The van der Waals surface area contributed by atoms with E-state index < -0.39 is 11.9 Å². The van der Waals surface area contributed by atoms with Crippen molar-refractivity contribution in [3.8, 4) is 0 Å². The van der Waals surface area contributed by atoms with Gasteiger partial charge in [0.15, 0.2) is 0 Å². The van der Waals surface area contributed by atoms with Gasteiger partial charge >= 0.3 is 11.9 Å². The lowest BCUT2D eigenvalue weighted by Crippen LogP contribution is -1.98. The van der Waals surface area contributed by atoms with E-state index in [0.717, 1.165) is 30.6 Å². The molecule has 0 spiro atoms. The molecule has 0 aliphatic rings. The summed E-state index contributed by atoms with van der Waals surface area (Å²) in [5.41, 5.74) is 2.62. The Morgan fingerprint density at radius 2 is 1.18 bits per heavy atom. The summed E-state index contributed by atoms with van der Waals surface area (Å²) in [6, 6.07) is 13.5. The quantitative estimate of drug-likeness (QED) is 0.577. The Bertz CT molecular complexity index is 707. The predicted octanol–water partition coefficient (Wildman–Crippen LogP) is 4.62. The lowest BCUT2D eigenvalue weighted by molar-refractivity contribution is 0.0686. The Labute approximate surface area is 165 Å². The van der Waals surface area contributed by atoms with Crippen molar-refractivity contribution in [2.45, 2.75) is 39.9 Å². The molecule has 0 aromatic heterocycles. The lowest BCUT2D eigenvalue weighted by Gasteiger charge is -2.03. The molecule has 6 nitrogen and oxygen atoms in total. The molecule has 0 radical (unpaired) electrons. The number of carboxylic acids is 2. The van der Waals surface area contributed by atoms with Crippen LogP contribution in [0.5, 0.6) is 0 Å². The van der Waals surface area contributed by atoms with Gasteiger partial charge < -0.3 is 19.7 Å². The topological polar surface area (TPSA) is 93.1 Å². The molecule has 0 saturated carbocycles. The van der Waals surface area contributed by atoms with Crippen LogP contribution >= 0.6 is 0 Å². The van der Waals surface area contributed by atoms with Crippen molar-refractivity contribution in [3.63, 3.8) is 0 Å². The monoisotopic (exact) mass is 388 g/mol. The van der Waals surface area contributed by atoms with Gasteiger partial charge in [-0.2, -0.15) is 0 Å². The molecule has 0 saturated heterocycles. The number of hydrogen-bond donors (Lipinski definition) is 2. The molecule has 152 valence electrons. The van der Waals surface area contributed by atoms with E-state index in [4.69, 9.17) is 19.7 Å². The van der Waals surface area contributed by atoms with Crippen LogP contribution < -0.4 is 0 Å². The van der Waals surface area contributed by atoms with Crippen molar-refractivity contribution in [1.29, 1.82) is 0 Å². The fourth-order valence-electron chi connectivity index (χ4n) is 2.14. The third-order valence-corrected chi connectivity index (χ3v) is 3.79. The summed E-state index contributed by atoms with van der Waals surface area (Å²) < 4.78 is 10.6. The first kappa shape index (κ1) is 23.3. The van der Waals surface area contributed by atoms with E-state index in [1.54, 1.807) is 48.5 Å². The van der Waals surface area contributed by atoms with Gasteiger partial charge in [-0.05, 0) is 48.7 Å². The Hall–Kier alpha value is -2.70. The third kappa shape index (κ3) is 9.30. The molecule has 2 aromatic rings. The third-order valence-electron chi connectivity index (χ3n) is 3.79. The minimum absolute atomic E-state index is 0.306. The van der Waals surface area contributed by atoms with Gasteiger partial charge in [0.2, 0.25) is 0 Å². The summed E-state index contributed by atoms with van der Waals surface area (Å²) in [6.45, 7) is 6.56. The number of unbranched alkanes of at least 4 members (excludes halogenated alkanes) is 1. The van der Waals surface area contributed by atoms with Crippen LogP contribution in [0.25, 0.3) is 0 Å². The van der Waals surface area contributed by atoms with Crippen LogP contribution in [0.15, 0.2) is 48.5 Å².